The van der Waals surface area contributed by atoms with Crippen LogP contribution in [0.2, 0.25) is 0 Å². The first-order valence-corrected chi connectivity index (χ1v) is 8.88. The van der Waals surface area contributed by atoms with Crippen molar-refractivity contribution in [3.05, 3.63) is 71.8 Å². The highest BCUT2D eigenvalue weighted by Crippen LogP contribution is 2.34. The van der Waals surface area contributed by atoms with Crippen LogP contribution in [0, 0.1) is 0 Å². The van der Waals surface area contributed by atoms with Crippen LogP contribution in [-0.2, 0) is 5.60 Å². The Hall–Kier alpha value is -1.71. The summed E-state index contributed by atoms with van der Waals surface area (Å²) in [5.74, 6) is 0. The van der Waals surface area contributed by atoms with Crippen molar-refractivity contribution in [2.75, 3.05) is 19.6 Å². The fourth-order valence-electron chi connectivity index (χ4n) is 3.64. The number of nitrogens with zero attached hydrogens (tertiary/aromatic N) is 1. The summed E-state index contributed by atoms with van der Waals surface area (Å²) in [4.78, 5) is 2.19. The zero-order chi connectivity index (χ0) is 16.8. The molecular weight excluding hydrogens is 301 g/mol. The lowest BCUT2D eigenvalue weighted by molar-refractivity contribution is 0.0607. The molecule has 1 unspecified atom stereocenters. The normalized spacial score (nSPS) is 19.3. The maximum absolute atomic E-state index is 13.5. The molecule has 0 radical (unpaired) electrons. The van der Waals surface area contributed by atoms with Gasteiger partial charge in [-0.05, 0) is 49.9 Å². The Kier molecular flexibility index (Phi) is 5.64. The van der Waals surface area contributed by atoms with Gasteiger partial charge in [0.15, 0.2) is 0 Å². The van der Waals surface area contributed by atoms with E-state index in [2.05, 4.69) is 4.90 Å². The summed E-state index contributed by atoms with van der Waals surface area (Å²) in [6.45, 7) is 2.34. The van der Waals surface area contributed by atoms with E-state index in [-0.39, 0.29) is 0 Å². The first kappa shape index (κ1) is 17.1. The molecule has 0 bridgehead atoms. The molecule has 0 aromatic heterocycles. The van der Waals surface area contributed by atoms with Crippen LogP contribution < -0.4 is 0 Å². The van der Waals surface area contributed by atoms with Crippen molar-refractivity contribution in [3.8, 4) is 0 Å². The van der Waals surface area contributed by atoms with Gasteiger partial charge in [0.2, 0.25) is 0 Å². The average molecular weight is 327 g/mol. The van der Waals surface area contributed by atoms with Crippen molar-refractivity contribution < 1.29 is 9.50 Å². The molecule has 1 N–H and O–H groups in total. The monoisotopic (exact) mass is 327 g/mol. The van der Waals surface area contributed by atoms with Crippen molar-refractivity contribution in [3.63, 3.8) is 0 Å². The number of rotatable bonds is 6. The van der Waals surface area contributed by atoms with Crippen LogP contribution in [0.25, 0.3) is 0 Å². The van der Waals surface area contributed by atoms with E-state index >= 15 is 0 Å². The molecule has 3 heteroatoms. The van der Waals surface area contributed by atoms with Gasteiger partial charge in [-0.1, -0.05) is 60.7 Å². The summed E-state index contributed by atoms with van der Waals surface area (Å²) >= 11 is 0. The Morgan fingerprint density at radius 1 is 1.00 bits per heavy atom. The van der Waals surface area contributed by atoms with Crippen molar-refractivity contribution in [2.45, 2.75) is 37.5 Å². The predicted octanol–water partition coefficient (Wildman–Crippen LogP) is 4.14. The van der Waals surface area contributed by atoms with Gasteiger partial charge in [0.05, 0.1) is 0 Å². The highest BCUT2D eigenvalue weighted by molar-refractivity contribution is 5.35. The standard InChI is InChI=1S/C21H26FNO/c22-20-13-7-15-23(17-20)16-8-14-21(24,18-9-3-1-4-10-18)19-11-5-2-6-12-19/h1-6,9-12,20,24H,7-8,13-17H2. The summed E-state index contributed by atoms with van der Waals surface area (Å²) < 4.78 is 13.5. The number of halogens is 1. The van der Waals surface area contributed by atoms with Gasteiger partial charge in [0.1, 0.15) is 11.8 Å². The van der Waals surface area contributed by atoms with Crippen molar-refractivity contribution >= 4 is 0 Å². The molecule has 1 fully saturated rings. The van der Waals surface area contributed by atoms with Gasteiger partial charge in [0, 0.05) is 6.54 Å². The molecule has 1 saturated heterocycles. The minimum Gasteiger partial charge on any atom is -0.380 e. The van der Waals surface area contributed by atoms with Gasteiger partial charge in [-0.2, -0.15) is 0 Å². The molecule has 3 rings (SSSR count). The average Bonchev–Trinajstić information content (AvgIpc) is 2.63. The van der Waals surface area contributed by atoms with Gasteiger partial charge in [0.25, 0.3) is 0 Å². The minimum atomic E-state index is -0.993. The zero-order valence-corrected chi connectivity index (χ0v) is 14.1. The second kappa shape index (κ2) is 7.91. The fraction of sp³-hybridized carbons (Fsp3) is 0.429. The highest BCUT2D eigenvalue weighted by Gasteiger charge is 2.31. The Bertz CT molecular complexity index is 577. The second-order valence-electron chi connectivity index (χ2n) is 6.74. The Morgan fingerprint density at radius 2 is 1.58 bits per heavy atom. The summed E-state index contributed by atoms with van der Waals surface area (Å²) in [5.41, 5.74) is 0.837. The molecule has 2 nitrogen and oxygen atoms in total. The third kappa shape index (κ3) is 4.03. The first-order valence-electron chi connectivity index (χ1n) is 8.88. The fourth-order valence-corrected chi connectivity index (χ4v) is 3.64. The minimum absolute atomic E-state index is 0.537. The van der Waals surface area contributed by atoms with Gasteiger partial charge in [-0.25, -0.2) is 4.39 Å². The lowest BCUT2D eigenvalue weighted by Crippen LogP contribution is -2.38. The third-order valence-corrected chi connectivity index (χ3v) is 4.96. The molecule has 0 saturated carbocycles. The number of alkyl halides is 1. The van der Waals surface area contributed by atoms with Crippen molar-refractivity contribution in [2.24, 2.45) is 0 Å². The SMILES string of the molecule is OC(CCCN1CCCC(F)C1)(c1ccccc1)c1ccccc1. The van der Waals surface area contributed by atoms with E-state index < -0.39 is 11.8 Å². The maximum atomic E-state index is 13.5. The van der Waals surface area contributed by atoms with E-state index in [0.717, 1.165) is 37.1 Å². The third-order valence-electron chi connectivity index (χ3n) is 4.96. The molecule has 0 aliphatic carbocycles. The molecule has 1 atom stereocenters. The largest absolute Gasteiger partial charge is 0.380 e. The molecule has 2 aromatic rings. The van der Waals surface area contributed by atoms with E-state index in [1.54, 1.807) is 0 Å². The van der Waals surface area contributed by atoms with E-state index in [1.165, 1.54) is 0 Å². The first-order chi connectivity index (χ1) is 11.7. The molecule has 24 heavy (non-hydrogen) atoms. The molecule has 1 heterocycles. The Labute approximate surface area is 143 Å². The van der Waals surface area contributed by atoms with E-state index in [0.29, 0.717) is 19.4 Å². The van der Waals surface area contributed by atoms with Crippen LogP contribution in [0.4, 0.5) is 4.39 Å². The molecule has 128 valence electrons. The lowest BCUT2D eigenvalue weighted by atomic mass is 9.82. The van der Waals surface area contributed by atoms with Crippen LogP contribution in [0.5, 0.6) is 0 Å². The molecule has 1 aliphatic rings. The number of piperidine rings is 1. The van der Waals surface area contributed by atoms with Crippen molar-refractivity contribution in [1.82, 2.24) is 4.90 Å². The molecule has 0 spiro atoms. The molecule has 1 aliphatic heterocycles. The lowest BCUT2D eigenvalue weighted by Gasteiger charge is -2.32. The predicted molar refractivity (Wildman–Crippen MR) is 95.7 cm³/mol. The number of aliphatic hydroxyl groups is 1. The van der Waals surface area contributed by atoms with Gasteiger partial charge < -0.3 is 10.0 Å². The van der Waals surface area contributed by atoms with Crippen LogP contribution in [0.15, 0.2) is 60.7 Å². The van der Waals surface area contributed by atoms with Gasteiger partial charge >= 0.3 is 0 Å². The molecule has 2 aromatic carbocycles. The number of benzene rings is 2. The number of hydrogen-bond donors (Lipinski definition) is 1. The summed E-state index contributed by atoms with van der Waals surface area (Å²) in [5, 5.41) is 11.4. The van der Waals surface area contributed by atoms with Crippen molar-refractivity contribution in [1.29, 1.82) is 0 Å². The maximum Gasteiger partial charge on any atom is 0.115 e. The topological polar surface area (TPSA) is 23.5 Å². The summed E-state index contributed by atoms with van der Waals surface area (Å²) in [7, 11) is 0. The number of hydrogen-bond acceptors (Lipinski definition) is 2. The van der Waals surface area contributed by atoms with Crippen LogP contribution in [-0.4, -0.2) is 35.8 Å². The number of likely N-dealkylation sites (tertiary alicyclic amines) is 1. The highest BCUT2D eigenvalue weighted by atomic mass is 19.1. The van der Waals surface area contributed by atoms with Crippen LogP contribution in [0.1, 0.15) is 36.8 Å². The summed E-state index contributed by atoms with van der Waals surface area (Å²) in [6, 6.07) is 19.7. The molecule has 0 amide bonds. The second-order valence-corrected chi connectivity index (χ2v) is 6.74. The van der Waals surface area contributed by atoms with E-state index in [9.17, 15) is 9.50 Å². The van der Waals surface area contributed by atoms with E-state index in [4.69, 9.17) is 0 Å². The van der Waals surface area contributed by atoms with Crippen LogP contribution in [0.3, 0.4) is 0 Å². The summed E-state index contributed by atoms with van der Waals surface area (Å²) in [6.07, 6.45) is 2.40. The Balaban J connectivity index is 1.71. The molecular formula is C21H26FNO. The Morgan fingerprint density at radius 3 is 2.12 bits per heavy atom. The smallest absolute Gasteiger partial charge is 0.115 e. The zero-order valence-electron chi connectivity index (χ0n) is 14.1. The van der Waals surface area contributed by atoms with E-state index in [1.807, 2.05) is 60.7 Å². The van der Waals surface area contributed by atoms with Gasteiger partial charge in [-0.3, -0.25) is 0 Å². The van der Waals surface area contributed by atoms with Gasteiger partial charge in [-0.15, -0.1) is 0 Å². The quantitative estimate of drug-likeness (QED) is 0.862. The van der Waals surface area contributed by atoms with Crippen LogP contribution >= 0.6 is 0 Å².